The Kier molecular flexibility index (Phi) is 6.84. The number of carbonyl (C=O) groups excluding carboxylic acids is 1. The highest BCUT2D eigenvalue weighted by Gasteiger charge is 2.28. The third-order valence-corrected chi connectivity index (χ3v) is 5.11. The quantitative estimate of drug-likeness (QED) is 0.239. The summed E-state index contributed by atoms with van der Waals surface area (Å²) in [6.07, 6.45) is 3.29. The van der Waals surface area contributed by atoms with Crippen molar-refractivity contribution in [1.29, 1.82) is 0 Å². The Bertz CT molecular complexity index is 1180. The van der Waals surface area contributed by atoms with Gasteiger partial charge in [-0.25, -0.2) is 9.79 Å². The molecule has 0 aliphatic heterocycles. The van der Waals surface area contributed by atoms with E-state index in [9.17, 15) is 9.70 Å². The van der Waals surface area contributed by atoms with E-state index < -0.39 is 5.97 Å². The van der Waals surface area contributed by atoms with Gasteiger partial charge in [0.25, 0.3) is 0 Å². The molecule has 0 aliphatic rings. The van der Waals surface area contributed by atoms with E-state index >= 15 is 0 Å². The fraction of sp³-hybridized carbons (Fsp3) is 0.318. The second-order valence-corrected chi connectivity index (χ2v) is 7.56. The number of guanidine groups is 1. The number of carbonyl (C=O) groups is 1. The molecule has 32 heavy (non-hydrogen) atoms. The highest BCUT2D eigenvalue weighted by Crippen LogP contribution is 2.42. The molecule has 10 heteroatoms. The maximum absolute atomic E-state index is 13.1. The van der Waals surface area contributed by atoms with Crippen molar-refractivity contribution in [3.8, 4) is 11.1 Å². The number of aliphatic imine (C=N–C) groups is 1. The summed E-state index contributed by atoms with van der Waals surface area (Å²) >= 11 is 0. The fourth-order valence-electron chi connectivity index (χ4n) is 3.79. The lowest BCUT2D eigenvalue weighted by atomic mass is 9.95. The number of esters is 1. The van der Waals surface area contributed by atoms with Crippen LogP contribution in [0.2, 0.25) is 0 Å². The molecule has 0 fully saturated rings. The molecule has 10 nitrogen and oxygen atoms in total. The molecule has 4 N–H and O–H groups in total. The van der Waals surface area contributed by atoms with E-state index in [1.807, 2.05) is 42.7 Å². The Morgan fingerprint density at radius 2 is 2.06 bits per heavy atom. The second kappa shape index (κ2) is 9.56. The highest BCUT2D eigenvalue weighted by molar-refractivity contribution is 6.10. The number of aryl methyl sites for hydroxylation is 1. The zero-order valence-corrected chi connectivity index (χ0v) is 18.6. The molecule has 0 amide bonds. The second-order valence-electron chi connectivity index (χ2n) is 7.56. The first-order chi connectivity index (χ1) is 15.3. The Hall–Kier alpha value is -3.79. The highest BCUT2D eigenvalue weighted by atomic mass is 16.5. The Morgan fingerprint density at radius 3 is 2.62 bits per heavy atom. The molecule has 0 aliphatic carbocycles. The number of nitrogens with two attached hydrogens (primary N) is 2. The largest absolute Gasteiger partial charge is 0.462 e. The molecule has 0 radical (unpaired) electrons. The van der Waals surface area contributed by atoms with Gasteiger partial charge in [-0.1, -0.05) is 6.07 Å². The summed E-state index contributed by atoms with van der Waals surface area (Å²) in [5.41, 5.74) is 14.9. The third kappa shape index (κ3) is 4.30. The van der Waals surface area contributed by atoms with Crippen LogP contribution < -0.4 is 11.5 Å². The molecule has 2 heterocycles. The van der Waals surface area contributed by atoms with E-state index in [4.69, 9.17) is 16.2 Å². The van der Waals surface area contributed by atoms with Gasteiger partial charge in [0, 0.05) is 53.8 Å². The molecule has 3 aromatic rings. The molecule has 2 aromatic heterocycles. The van der Waals surface area contributed by atoms with Crippen LogP contribution in [0.25, 0.3) is 22.0 Å². The summed E-state index contributed by atoms with van der Waals surface area (Å²) in [5.74, 6) is -0.615. The minimum atomic E-state index is -0.480. The van der Waals surface area contributed by atoms with Gasteiger partial charge >= 0.3 is 5.97 Å². The van der Waals surface area contributed by atoms with Gasteiger partial charge < -0.3 is 25.7 Å². The van der Waals surface area contributed by atoms with Crippen molar-refractivity contribution < 1.29 is 9.53 Å². The lowest BCUT2D eigenvalue weighted by Crippen LogP contribution is -2.22. The molecule has 0 bridgehead atoms. The maximum atomic E-state index is 13.1. The SMILES string of the molecule is CCOC(=O)c1c(CN(C)C)n(C)c2cc(-c3cccnc3)c(N=O)c(CN=C(N)N)c12. The molecule has 0 spiro atoms. The smallest absolute Gasteiger partial charge is 0.340 e. The number of ether oxygens (including phenoxy) is 1. The van der Waals surface area contributed by atoms with Crippen molar-refractivity contribution in [2.45, 2.75) is 20.0 Å². The summed E-state index contributed by atoms with van der Waals surface area (Å²) in [7, 11) is 5.69. The maximum Gasteiger partial charge on any atom is 0.340 e. The van der Waals surface area contributed by atoms with Gasteiger partial charge in [0.05, 0.1) is 24.2 Å². The van der Waals surface area contributed by atoms with Crippen molar-refractivity contribution in [3.63, 3.8) is 0 Å². The fourth-order valence-corrected chi connectivity index (χ4v) is 3.79. The number of nitroso groups, excluding NO2 is 1. The number of nitrogens with zero attached hydrogens (tertiary/aromatic N) is 5. The van der Waals surface area contributed by atoms with Crippen LogP contribution in [0.1, 0.15) is 28.5 Å². The number of benzene rings is 1. The summed E-state index contributed by atoms with van der Waals surface area (Å²) in [5, 5.41) is 3.87. The standard InChI is InChI=1S/C22H27N7O3/c1-5-32-21(30)19-17(12-28(2)3)29(4)16-9-14(13-7-6-8-25-10-13)20(27-31)15(18(16)19)11-26-22(23)24/h6-10H,5,11-12H2,1-4H3,(H4,23,24,26). The number of aromatic nitrogens is 2. The van der Waals surface area contributed by atoms with Gasteiger partial charge in [0.2, 0.25) is 0 Å². The Labute approximate surface area is 185 Å². The first-order valence-electron chi connectivity index (χ1n) is 10.1. The van der Waals surface area contributed by atoms with E-state index in [0.29, 0.717) is 34.2 Å². The zero-order valence-electron chi connectivity index (χ0n) is 18.6. The van der Waals surface area contributed by atoms with Gasteiger partial charge in [0.1, 0.15) is 5.69 Å². The van der Waals surface area contributed by atoms with Crippen LogP contribution >= 0.6 is 0 Å². The molecule has 3 rings (SSSR count). The first kappa shape index (κ1) is 22.9. The topological polar surface area (TPSA) is 141 Å². The number of hydrogen-bond acceptors (Lipinski definition) is 7. The Balaban J connectivity index is 2.50. The molecular formula is C22H27N7O3. The van der Waals surface area contributed by atoms with Crippen molar-refractivity contribution in [1.82, 2.24) is 14.5 Å². The third-order valence-electron chi connectivity index (χ3n) is 5.11. The monoisotopic (exact) mass is 437 g/mol. The molecule has 168 valence electrons. The summed E-state index contributed by atoms with van der Waals surface area (Å²) in [6, 6.07) is 5.45. The molecule has 0 unspecified atom stereocenters. The van der Waals surface area contributed by atoms with E-state index in [0.717, 1.165) is 11.2 Å². The Morgan fingerprint density at radius 1 is 1.31 bits per heavy atom. The van der Waals surface area contributed by atoms with Crippen LogP contribution in [0.15, 0.2) is 40.8 Å². The van der Waals surface area contributed by atoms with Crippen LogP contribution in [0, 0.1) is 4.91 Å². The van der Waals surface area contributed by atoms with Crippen molar-refractivity contribution >= 4 is 28.5 Å². The number of fused-ring (bicyclic) bond motifs is 1. The van der Waals surface area contributed by atoms with Gasteiger partial charge in [-0.15, -0.1) is 4.91 Å². The zero-order chi connectivity index (χ0) is 23.4. The van der Waals surface area contributed by atoms with E-state index in [1.165, 1.54) is 0 Å². The predicted octanol–water partition coefficient (Wildman–Crippen LogP) is 2.65. The average Bonchev–Trinajstić information content (AvgIpc) is 3.03. The molecular weight excluding hydrogens is 410 g/mol. The minimum Gasteiger partial charge on any atom is -0.462 e. The lowest BCUT2D eigenvalue weighted by molar-refractivity contribution is 0.0526. The lowest BCUT2D eigenvalue weighted by Gasteiger charge is -2.13. The van der Waals surface area contributed by atoms with Gasteiger partial charge in [-0.2, -0.15) is 0 Å². The van der Waals surface area contributed by atoms with Crippen molar-refractivity contribution in [3.05, 3.63) is 52.3 Å². The van der Waals surface area contributed by atoms with Crippen LogP contribution in [-0.4, -0.2) is 47.1 Å². The number of hydrogen-bond donors (Lipinski definition) is 2. The van der Waals surface area contributed by atoms with E-state index in [-0.39, 0.29) is 24.8 Å². The summed E-state index contributed by atoms with van der Waals surface area (Å²) in [4.78, 5) is 35.4. The number of rotatable bonds is 8. The number of pyridine rings is 1. The van der Waals surface area contributed by atoms with Crippen LogP contribution in [-0.2, 0) is 24.9 Å². The van der Waals surface area contributed by atoms with Crippen LogP contribution in [0.5, 0.6) is 0 Å². The van der Waals surface area contributed by atoms with Gasteiger partial charge in [-0.05, 0) is 38.3 Å². The molecule has 0 saturated carbocycles. The van der Waals surface area contributed by atoms with E-state index in [1.54, 1.807) is 25.4 Å². The summed E-state index contributed by atoms with van der Waals surface area (Å²) in [6.45, 7) is 2.42. The predicted molar refractivity (Wildman–Crippen MR) is 124 cm³/mol. The van der Waals surface area contributed by atoms with Crippen molar-refractivity contribution in [2.24, 2.45) is 28.7 Å². The molecule has 0 atom stereocenters. The average molecular weight is 438 g/mol. The van der Waals surface area contributed by atoms with Crippen LogP contribution in [0.4, 0.5) is 5.69 Å². The van der Waals surface area contributed by atoms with E-state index in [2.05, 4.69) is 15.2 Å². The van der Waals surface area contributed by atoms with Crippen molar-refractivity contribution in [2.75, 3.05) is 20.7 Å². The molecule has 0 saturated heterocycles. The molecule has 1 aromatic carbocycles. The summed E-state index contributed by atoms with van der Waals surface area (Å²) < 4.78 is 7.29. The van der Waals surface area contributed by atoms with Gasteiger partial charge in [-0.3, -0.25) is 4.98 Å². The van der Waals surface area contributed by atoms with Crippen LogP contribution in [0.3, 0.4) is 0 Å². The normalized spacial score (nSPS) is 11.0. The first-order valence-corrected chi connectivity index (χ1v) is 10.1. The minimum absolute atomic E-state index is 0.0220. The van der Waals surface area contributed by atoms with Gasteiger partial charge in [0.15, 0.2) is 5.96 Å².